The van der Waals surface area contributed by atoms with Crippen LogP contribution in [-0.2, 0) is 6.54 Å². The van der Waals surface area contributed by atoms with Gasteiger partial charge in [-0.25, -0.2) is 9.48 Å². The third kappa shape index (κ3) is 2.94. The van der Waals surface area contributed by atoms with Gasteiger partial charge in [-0.3, -0.25) is 4.79 Å². The number of nitrogens with zero attached hydrogens (tertiary/aromatic N) is 2. The highest BCUT2D eigenvalue weighted by Gasteiger charge is 2.10. The predicted octanol–water partition coefficient (Wildman–Crippen LogP) is 2.30. The molecule has 98 valence electrons. The normalized spacial score (nSPS) is 10.4. The Labute approximate surface area is 118 Å². The zero-order valence-corrected chi connectivity index (χ0v) is 11.0. The zero-order chi connectivity index (χ0) is 14.0. The highest BCUT2D eigenvalue weighted by molar-refractivity contribution is 6.42. The van der Waals surface area contributed by atoms with Gasteiger partial charge in [0.25, 0.3) is 5.56 Å². The van der Waals surface area contributed by atoms with Crippen LogP contribution in [0.1, 0.15) is 16.1 Å². The first-order chi connectivity index (χ1) is 8.99. The minimum absolute atomic E-state index is 0.0549. The van der Waals surface area contributed by atoms with Gasteiger partial charge in [0.1, 0.15) is 0 Å². The van der Waals surface area contributed by atoms with E-state index in [4.69, 9.17) is 28.3 Å². The van der Waals surface area contributed by atoms with Crippen LogP contribution in [-0.4, -0.2) is 20.9 Å². The molecule has 5 nitrogen and oxygen atoms in total. The second-order valence-electron chi connectivity index (χ2n) is 3.73. The van der Waals surface area contributed by atoms with E-state index in [1.165, 1.54) is 0 Å². The van der Waals surface area contributed by atoms with Gasteiger partial charge in [-0.15, -0.1) is 0 Å². The number of carbonyl (C=O) groups is 1. The van der Waals surface area contributed by atoms with Crippen molar-refractivity contribution in [2.24, 2.45) is 0 Å². The molecule has 0 atom stereocenters. The van der Waals surface area contributed by atoms with Gasteiger partial charge in [0.2, 0.25) is 0 Å². The number of carboxylic acid groups (broad SMARTS) is 1. The first kappa shape index (κ1) is 13.6. The maximum absolute atomic E-state index is 11.6. The molecular formula is C12H8Cl2N2O3. The van der Waals surface area contributed by atoms with E-state index in [-0.39, 0.29) is 12.2 Å². The number of aromatic nitrogens is 2. The van der Waals surface area contributed by atoms with Crippen molar-refractivity contribution in [1.29, 1.82) is 0 Å². The fourth-order valence-corrected chi connectivity index (χ4v) is 1.89. The molecule has 0 saturated carbocycles. The van der Waals surface area contributed by atoms with Crippen molar-refractivity contribution < 1.29 is 9.90 Å². The largest absolute Gasteiger partial charge is 0.476 e. The molecule has 0 bridgehead atoms. The van der Waals surface area contributed by atoms with Crippen LogP contribution < -0.4 is 5.56 Å². The standard InChI is InChI=1S/C12H8Cl2N2O3/c13-8-3-1-2-7(11(8)14)6-16-10(17)5-4-9(15-16)12(18)19/h1-5H,6H2,(H,18,19). The monoisotopic (exact) mass is 298 g/mol. The third-order valence-electron chi connectivity index (χ3n) is 2.44. The Bertz CT molecular complexity index is 698. The van der Waals surface area contributed by atoms with Crippen molar-refractivity contribution in [1.82, 2.24) is 9.78 Å². The topological polar surface area (TPSA) is 72.2 Å². The lowest BCUT2D eigenvalue weighted by molar-refractivity contribution is 0.0687. The van der Waals surface area contributed by atoms with Gasteiger partial charge in [-0.2, -0.15) is 5.10 Å². The number of benzene rings is 1. The average molecular weight is 299 g/mol. The van der Waals surface area contributed by atoms with Crippen LogP contribution in [0.15, 0.2) is 35.1 Å². The summed E-state index contributed by atoms with van der Waals surface area (Å²) in [6.07, 6.45) is 0. The Balaban J connectivity index is 2.43. The van der Waals surface area contributed by atoms with Crippen LogP contribution in [0.2, 0.25) is 10.0 Å². The van der Waals surface area contributed by atoms with E-state index in [0.29, 0.717) is 15.6 Å². The SMILES string of the molecule is O=C(O)c1ccc(=O)n(Cc2cccc(Cl)c2Cl)n1. The lowest BCUT2D eigenvalue weighted by Gasteiger charge is -2.08. The molecule has 1 aromatic carbocycles. The predicted molar refractivity (Wildman–Crippen MR) is 71.0 cm³/mol. The summed E-state index contributed by atoms with van der Waals surface area (Å²) < 4.78 is 1.03. The fourth-order valence-electron chi connectivity index (χ4n) is 1.51. The number of hydrogen-bond donors (Lipinski definition) is 1. The van der Waals surface area contributed by atoms with Crippen molar-refractivity contribution in [2.45, 2.75) is 6.54 Å². The highest BCUT2D eigenvalue weighted by Crippen LogP contribution is 2.25. The van der Waals surface area contributed by atoms with Gasteiger partial charge in [0.05, 0.1) is 16.6 Å². The summed E-state index contributed by atoms with van der Waals surface area (Å²) >= 11 is 11.9. The van der Waals surface area contributed by atoms with Crippen LogP contribution in [0, 0.1) is 0 Å². The summed E-state index contributed by atoms with van der Waals surface area (Å²) in [6, 6.07) is 7.30. The molecule has 0 radical (unpaired) electrons. The van der Waals surface area contributed by atoms with Crippen LogP contribution in [0.25, 0.3) is 0 Å². The smallest absolute Gasteiger partial charge is 0.356 e. The van der Waals surface area contributed by atoms with E-state index in [1.54, 1.807) is 18.2 Å². The molecule has 0 amide bonds. The maximum Gasteiger partial charge on any atom is 0.356 e. The molecule has 2 aromatic rings. The summed E-state index contributed by atoms with van der Waals surface area (Å²) in [7, 11) is 0. The summed E-state index contributed by atoms with van der Waals surface area (Å²) in [6.45, 7) is 0.0549. The van der Waals surface area contributed by atoms with Crippen molar-refractivity contribution in [2.75, 3.05) is 0 Å². The molecule has 2 rings (SSSR count). The summed E-state index contributed by atoms with van der Waals surface area (Å²) in [5, 5.41) is 13.3. The minimum atomic E-state index is -1.20. The second-order valence-corrected chi connectivity index (χ2v) is 4.52. The molecular weight excluding hydrogens is 291 g/mol. The molecule has 1 aromatic heterocycles. The van der Waals surface area contributed by atoms with Crippen molar-refractivity contribution >= 4 is 29.2 Å². The summed E-state index contributed by atoms with van der Waals surface area (Å²) in [5.41, 5.74) is -0.0369. The lowest BCUT2D eigenvalue weighted by atomic mass is 10.2. The zero-order valence-electron chi connectivity index (χ0n) is 9.51. The Morgan fingerprint density at radius 3 is 2.68 bits per heavy atom. The minimum Gasteiger partial charge on any atom is -0.476 e. The van der Waals surface area contributed by atoms with Gasteiger partial charge in [-0.05, 0) is 17.7 Å². The summed E-state index contributed by atoms with van der Waals surface area (Å²) in [4.78, 5) is 22.4. The van der Waals surface area contributed by atoms with E-state index in [9.17, 15) is 9.59 Å². The second kappa shape index (κ2) is 5.42. The van der Waals surface area contributed by atoms with E-state index in [1.807, 2.05) is 0 Å². The van der Waals surface area contributed by atoms with Crippen LogP contribution in [0.5, 0.6) is 0 Å². The van der Waals surface area contributed by atoms with Gasteiger partial charge in [0, 0.05) is 6.07 Å². The van der Waals surface area contributed by atoms with Gasteiger partial charge in [0.15, 0.2) is 5.69 Å². The molecule has 0 spiro atoms. The van der Waals surface area contributed by atoms with Crippen LogP contribution in [0.3, 0.4) is 0 Å². The van der Waals surface area contributed by atoms with Crippen molar-refractivity contribution in [3.63, 3.8) is 0 Å². The first-order valence-corrected chi connectivity index (χ1v) is 5.99. The molecule has 0 aliphatic heterocycles. The van der Waals surface area contributed by atoms with Crippen molar-refractivity contribution in [3.8, 4) is 0 Å². The number of aromatic carboxylic acids is 1. The van der Waals surface area contributed by atoms with Crippen LogP contribution >= 0.6 is 23.2 Å². The van der Waals surface area contributed by atoms with Gasteiger partial charge >= 0.3 is 5.97 Å². The van der Waals surface area contributed by atoms with E-state index >= 15 is 0 Å². The van der Waals surface area contributed by atoms with Crippen molar-refractivity contribution in [3.05, 3.63) is 62.0 Å². The Morgan fingerprint density at radius 2 is 2.00 bits per heavy atom. The Kier molecular flexibility index (Phi) is 3.87. The lowest BCUT2D eigenvalue weighted by Crippen LogP contribution is -2.25. The molecule has 0 unspecified atom stereocenters. The number of hydrogen-bond acceptors (Lipinski definition) is 3. The molecule has 7 heteroatoms. The molecule has 0 aliphatic rings. The third-order valence-corrected chi connectivity index (χ3v) is 3.30. The van der Waals surface area contributed by atoms with Gasteiger partial charge in [-0.1, -0.05) is 35.3 Å². The van der Waals surface area contributed by atoms with Crippen LogP contribution in [0.4, 0.5) is 0 Å². The molecule has 0 aliphatic carbocycles. The summed E-state index contributed by atoms with van der Waals surface area (Å²) in [5.74, 6) is -1.20. The Hall–Kier alpha value is -1.85. The van der Waals surface area contributed by atoms with E-state index < -0.39 is 11.5 Å². The average Bonchev–Trinajstić information content (AvgIpc) is 2.37. The molecule has 1 heterocycles. The molecule has 1 N–H and O–H groups in total. The fraction of sp³-hybridized carbons (Fsp3) is 0.0833. The maximum atomic E-state index is 11.6. The number of carboxylic acids is 1. The molecule has 0 saturated heterocycles. The quantitative estimate of drug-likeness (QED) is 0.944. The van der Waals surface area contributed by atoms with E-state index in [2.05, 4.69) is 5.10 Å². The number of halogens is 2. The molecule has 0 fully saturated rings. The first-order valence-electron chi connectivity index (χ1n) is 5.23. The Morgan fingerprint density at radius 1 is 1.26 bits per heavy atom. The molecule has 19 heavy (non-hydrogen) atoms. The highest BCUT2D eigenvalue weighted by atomic mass is 35.5. The van der Waals surface area contributed by atoms with Gasteiger partial charge < -0.3 is 5.11 Å². The van der Waals surface area contributed by atoms with E-state index in [0.717, 1.165) is 16.8 Å². The number of rotatable bonds is 3.